The molecule has 5 heteroatoms. The van der Waals surface area contributed by atoms with Gasteiger partial charge in [-0.2, -0.15) is 0 Å². The number of nitrogens with zero attached hydrogens (tertiary/aromatic N) is 5. The topological polar surface area (TPSA) is 48.0 Å². The van der Waals surface area contributed by atoms with Crippen molar-refractivity contribution in [3.63, 3.8) is 0 Å². The molecule has 0 amide bonds. The summed E-state index contributed by atoms with van der Waals surface area (Å²) in [5.41, 5.74) is 8.43. The Morgan fingerprint density at radius 3 is 2.05 bits per heavy atom. The molecular weight excluding hydrogens is 490 g/mol. The van der Waals surface area contributed by atoms with Crippen LogP contribution in [0.5, 0.6) is 0 Å². The molecule has 0 aliphatic rings. The number of aromatic nitrogens is 5. The second-order valence-electron chi connectivity index (χ2n) is 10.2. The molecule has 0 aliphatic carbocycles. The Kier molecular flexibility index (Phi) is 4.27. The molecule has 4 aromatic carbocycles. The molecule has 0 radical (unpaired) electrons. The van der Waals surface area contributed by atoms with E-state index in [1.807, 2.05) is 18.2 Å². The van der Waals surface area contributed by atoms with Crippen molar-refractivity contribution in [3.8, 4) is 17.1 Å². The minimum atomic E-state index is 0.880. The number of rotatable bonds is 2. The molecule has 0 N–H and O–H groups in total. The summed E-state index contributed by atoms with van der Waals surface area (Å²) in [6, 6.07) is 40.5. The average molecular weight is 512 g/mol. The molecule has 0 saturated heterocycles. The van der Waals surface area contributed by atoms with E-state index in [9.17, 15) is 0 Å². The largest absolute Gasteiger partial charge is 0.294 e. The zero-order chi connectivity index (χ0) is 26.2. The van der Waals surface area contributed by atoms with Crippen LogP contribution in [0, 0.1) is 0 Å². The van der Waals surface area contributed by atoms with E-state index >= 15 is 0 Å². The van der Waals surface area contributed by atoms with Crippen LogP contribution in [0.15, 0.2) is 128 Å². The lowest BCUT2D eigenvalue weighted by Gasteiger charge is -2.11. The predicted octanol–water partition coefficient (Wildman–Crippen LogP) is 8.35. The number of hydrogen-bond acceptors (Lipinski definition) is 3. The SMILES string of the molecule is c1cc(-c2ccncc2)nc(-n2c3ccccc3c3cc4c5ccccc5n5c6ccccc6nc5c4cc32)c1. The van der Waals surface area contributed by atoms with E-state index in [1.165, 1.54) is 21.5 Å². The summed E-state index contributed by atoms with van der Waals surface area (Å²) in [5.74, 6) is 0.880. The van der Waals surface area contributed by atoms with Crippen molar-refractivity contribution < 1.29 is 0 Å². The van der Waals surface area contributed by atoms with Crippen LogP contribution >= 0.6 is 0 Å². The molecule has 5 nitrogen and oxygen atoms in total. The molecule has 5 heterocycles. The smallest absolute Gasteiger partial charge is 0.146 e. The van der Waals surface area contributed by atoms with E-state index in [0.29, 0.717) is 0 Å². The van der Waals surface area contributed by atoms with E-state index in [-0.39, 0.29) is 0 Å². The maximum absolute atomic E-state index is 5.14. The van der Waals surface area contributed by atoms with E-state index in [4.69, 9.17) is 9.97 Å². The number of imidazole rings is 1. The van der Waals surface area contributed by atoms with Gasteiger partial charge in [0, 0.05) is 39.5 Å². The molecule has 0 saturated carbocycles. The van der Waals surface area contributed by atoms with Crippen LogP contribution in [-0.2, 0) is 0 Å². The van der Waals surface area contributed by atoms with Gasteiger partial charge in [0.2, 0.25) is 0 Å². The second kappa shape index (κ2) is 7.98. The fraction of sp³-hybridized carbons (Fsp3) is 0. The Morgan fingerprint density at radius 2 is 1.20 bits per heavy atom. The number of para-hydroxylation sites is 4. The van der Waals surface area contributed by atoms with Gasteiger partial charge in [0.25, 0.3) is 0 Å². The highest BCUT2D eigenvalue weighted by Crippen LogP contribution is 2.39. The van der Waals surface area contributed by atoms with Crippen LogP contribution in [0.25, 0.3) is 77.2 Å². The normalized spacial score (nSPS) is 12.0. The zero-order valence-electron chi connectivity index (χ0n) is 21.4. The van der Waals surface area contributed by atoms with E-state index in [1.54, 1.807) is 12.4 Å². The third-order valence-corrected chi connectivity index (χ3v) is 7.99. The molecule has 0 spiro atoms. The highest BCUT2D eigenvalue weighted by Gasteiger charge is 2.19. The lowest BCUT2D eigenvalue weighted by atomic mass is 10.0. The highest BCUT2D eigenvalue weighted by molar-refractivity contribution is 6.21. The van der Waals surface area contributed by atoms with Gasteiger partial charge in [-0.15, -0.1) is 0 Å². The van der Waals surface area contributed by atoms with Gasteiger partial charge < -0.3 is 0 Å². The summed E-state index contributed by atoms with van der Waals surface area (Å²) in [5, 5.41) is 5.94. The van der Waals surface area contributed by atoms with Crippen LogP contribution in [0.4, 0.5) is 0 Å². The Bertz CT molecular complexity index is 2430. The van der Waals surface area contributed by atoms with Crippen molar-refractivity contribution in [2.75, 3.05) is 0 Å². The summed E-state index contributed by atoms with van der Waals surface area (Å²) in [4.78, 5) is 14.4. The van der Waals surface area contributed by atoms with Crippen molar-refractivity contribution in [1.82, 2.24) is 23.9 Å². The lowest BCUT2D eigenvalue weighted by molar-refractivity contribution is 1.08. The number of benzene rings is 4. The quantitative estimate of drug-likeness (QED) is 0.219. The maximum Gasteiger partial charge on any atom is 0.146 e. The molecule has 0 atom stereocenters. The van der Waals surface area contributed by atoms with Gasteiger partial charge in [-0.05, 0) is 66.0 Å². The fourth-order valence-corrected chi connectivity index (χ4v) is 6.25. The van der Waals surface area contributed by atoms with Gasteiger partial charge in [0.15, 0.2) is 0 Å². The molecule has 0 fully saturated rings. The van der Waals surface area contributed by atoms with Crippen molar-refractivity contribution in [1.29, 1.82) is 0 Å². The molecule has 9 aromatic rings. The van der Waals surface area contributed by atoms with Gasteiger partial charge >= 0.3 is 0 Å². The summed E-state index contributed by atoms with van der Waals surface area (Å²) in [6.07, 6.45) is 3.61. The van der Waals surface area contributed by atoms with Crippen LogP contribution in [0.2, 0.25) is 0 Å². The van der Waals surface area contributed by atoms with Gasteiger partial charge in [0.1, 0.15) is 11.5 Å². The van der Waals surface area contributed by atoms with Crippen LogP contribution in [-0.4, -0.2) is 23.9 Å². The Balaban J connectivity index is 1.46. The summed E-state index contributed by atoms with van der Waals surface area (Å²) in [7, 11) is 0. The molecule has 0 unspecified atom stereocenters. The molecule has 0 aliphatic heterocycles. The molecule has 0 bridgehead atoms. The van der Waals surface area contributed by atoms with E-state index < -0.39 is 0 Å². The molecule has 40 heavy (non-hydrogen) atoms. The van der Waals surface area contributed by atoms with Crippen molar-refractivity contribution >= 4 is 60.2 Å². The van der Waals surface area contributed by atoms with Gasteiger partial charge in [-0.25, -0.2) is 9.97 Å². The fourth-order valence-electron chi connectivity index (χ4n) is 6.25. The van der Waals surface area contributed by atoms with Crippen molar-refractivity contribution in [2.45, 2.75) is 0 Å². The van der Waals surface area contributed by atoms with E-state index in [2.05, 4.69) is 111 Å². The highest BCUT2D eigenvalue weighted by atomic mass is 15.1. The van der Waals surface area contributed by atoms with Crippen molar-refractivity contribution in [3.05, 3.63) is 128 Å². The summed E-state index contributed by atoms with van der Waals surface area (Å²) >= 11 is 0. The van der Waals surface area contributed by atoms with Crippen LogP contribution in [0.3, 0.4) is 0 Å². The van der Waals surface area contributed by atoms with Crippen molar-refractivity contribution in [2.24, 2.45) is 0 Å². The Morgan fingerprint density at radius 1 is 0.475 bits per heavy atom. The Labute approximate surface area is 228 Å². The first-order valence-corrected chi connectivity index (χ1v) is 13.4. The zero-order valence-corrected chi connectivity index (χ0v) is 21.4. The third-order valence-electron chi connectivity index (χ3n) is 7.99. The minimum absolute atomic E-state index is 0.880. The summed E-state index contributed by atoms with van der Waals surface area (Å²) < 4.78 is 4.58. The first-order valence-electron chi connectivity index (χ1n) is 13.4. The standard InChI is InChI=1S/C35H21N5/c1-5-13-31-23(8-1)25-20-26-24-9-2-4-12-30(24)39(34-15-7-11-28(37-34)22-16-18-36-19-17-22)33(26)21-27(25)35-38-29-10-3-6-14-32(29)40(31)35/h1-21H. The van der Waals surface area contributed by atoms with Gasteiger partial charge in [-0.3, -0.25) is 14.0 Å². The lowest BCUT2D eigenvalue weighted by Crippen LogP contribution is -1.99. The first kappa shape index (κ1) is 21.4. The summed E-state index contributed by atoms with van der Waals surface area (Å²) in [6.45, 7) is 0. The average Bonchev–Trinajstić information content (AvgIpc) is 3.57. The number of pyridine rings is 3. The molecular formula is C35H21N5. The van der Waals surface area contributed by atoms with Crippen LogP contribution in [0.1, 0.15) is 0 Å². The van der Waals surface area contributed by atoms with E-state index in [0.717, 1.165) is 55.7 Å². The predicted molar refractivity (Wildman–Crippen MR) is 163 cm³/mol. The maximum atomic E-state index is 5.14. The first-order chi connectivity index (χ1) is 19.8. The molecule has 186 valence electrons. The number of hydrogen-bond donors (Lipinski definition) is 0. The Hall–Kier alpha value is -5.55. The third kappa shape index (κ3) is 2.89. The monoisotopic (exact) mass is 511 g/mol. The second-order valence-corrected chi connectivity index (χ2v) is 10.2. The van der Waals surface area contributed by atoms with Gasteiger partial charge in [-0.1, -0.05) is 54.6 Å². The number of fused-ring (bicyclic) bond motifs is 11. The molecule has 9 rings (SSSR count). The van der Waals surface area contributed by atoms with Crippen LogP contribution < -0.4 is 0 Å². The minimum Gasteiger partial charge on any atom is -0.294 e. The molecule has 5 aromatic heterocycles. The van der Waals surface area contributed by atoms with Gasteiger partial charge in [0.05, 0.1) is 33.3 Å².